The van der Waals surface area contributed by atoms with Crippen LogP contribution in [0.15, 0.2) is 76.1 Å². The second kappa shape index (κ2) is 11.6. The van der Waals surface area contributed by atoms with Crippen LogP contribution in [0.5, 0.6) is 11.5 Å². The number of halogens is 2. The summed E-state index contributed by atoms with van der Waals surface area (Å²) in [5.74, 6) is 0.556. The normalized spacial score (nSPS) is 14.4. The van der Waals surface area contributed by atoms with Gasteiger partial charge in [-0.2, -0.15) is 0 Å². The Morgan fingerprint density at radius 1 is 1.06 bits per heavy atom. The molecule has 3 aromatic carbocycles. The lowest BCUT2D eigenvalue weighted by Crippen LogP contribution is -2.32. The molecule has 2 amide bonds. The van der Waals surface area contributed by atoms with Gasteiger partial charge in [0.2, 0.25) is 0 Å². The second-order valence-corrected chi connectivity index (χ2v) is 9.84. The Morgan fingerprint density at radius 3 is 2.56 bits per heavy atom. The molecule has 184 valence electrons. The molecule has 11 heteroatoms. The van der Waals surface area contributed by atoms with Crippen molar-refractivity contribution >= 4 is 62.2 Å². The van der Waals surface area contributed by atoms with Crippen molar-refractivity contribution in [2.45, 2.75) is 6.61 Å². The molecule has 8 nitrogen and oxygen atoms in total. The Kier molecular flexibility index (Phi) is 8.29. The van der Waals surface area contributed by atoms with Gasteiger partial charge < -0.3 is 9.47 Å². The lowest BCUT2D eigenvalue weighted by Gasteiger charge is -2.13. The zero-order valence-electron chi connectivity index (χ0n) is 18.6. The molecule has 1 saturated heterocycles. The quantitative estimate of drug-likeness (QED) is 0.155. The van der Waals surface area contributed by atoms with Crippen molar-refractivity contribution in [1.29, 1.82) is 0 Å². The number of para-hydroxylation sites is 1. The summed E-state index contributed by atoms with van der Waals surface area (Å²) in [7, 11) is 0. The van der Waals surface area contributed by atoms with Crippen molar-refractivity contribution in [3.63, 3.8) is 0 Å². The molecule has 0 atom stereocenters. The van der Waals surface area contributed by atoms with Gasteiger partial charge in [0.05, 0.1) is 21.9 Å². The highest BCUT2D eigenvalue weighted by atomic mass is 79.9. The summed E-state index contributed by atoms with van der Waals surface area (Å²) >= 11 is 10.1. The highest BCUT2D eigenvalue weighted by Gasteiger charge is 2.35. The topological polar surface area (TPSA) is 99.0 Å². The van der Waals surface area contributed by atoms with E-state index in [-0.39, 0.29) is 30.4 Å². The summed E-state index contributed by atoms with van der Waals surface area (Å²) in [5.41, 5.74) is 0.918. The maximum Gasteiger partial charge on any atom is 0.293 e. The minimum Gasteiger partial charge on any atom is -0.492 e. The van der Waals surface area contributed by atoms with Crippen molar-refractivity contribution in [2.24, 2.45) is 0 Å². The molecule has 0 N–H and O–H groups in total. The number of hydrogen-bond acceptors (Lipinski definition) is 7. The van der Waals surface area contributed by atoms with Crippen LogP contribution in [-0.4, -0.2) is 34.1 Å². The molecule has 1 aliphatic heterocycles. The van der Waals surface area contributed by atoms with E-state index in [2.05, 4.69) is 15.9 Å². The fourth-order valence-corrected chi connectivity index (χ4v) is 4.71. The summed E-state index contributed by atoms with van der Waals surface area (Å²) in [6, 6.07) is 18.3. The average Bonchev–Trinajstić information content (AvgIpc) is 3.12. The number of amides is 2. The van der Waals surface area contributed by atoms with Gasteiger partial charge in [-0.1, -0.05) is 39.7 Å². The average molecular weight is 590 g/mol. The first kappa shape index (κ1) is 25.7. The van der Waals surface area contributed by atoms with Crippen molar-refractivity contribution in [1.82, 2.24) is 4.90 Å². The fourth-order valence-electron chi connectivity index (χ4n) is 3.35. The first-order chi connectivity index (χ1) is 17.3. The predicted octanol–water partition coefficient (Wildman–Crippen LogP) is 6.71. The summed E-state index contributed by atoms with van der Waals surface area (Å²) in [6.07, 6.45) is 1.57. The van der Waals surface area contributed by atoms with E-state index in [4.69, 9.17) is 21.1 Å². The smallest absolute Gasteiger partial charge is 0.293 e. The van der Waals surface area contributed by atoms with Crippen LogP contribution < -0.4 is 9.47 Å². The molecule has 0 spiro atoms. The minimum absolute atomic E-state index is 0.0386. The van der Waals surface area contributed by atoms with Crippen LogP contribution in [0.3, 0.4) is 0 Å². The number of thioether (sulfide) groups is 1. The Hall–Kier alpha value is -3.34. The number of rotatable bonds is 9. The van der Waals surface area contributed by atoms with Gasteiger partial charge in [0.1, 0.15) is 24.7 Å². The fraction of sp³-hybridized carbons (Fsp3) is 0.120. The molecule has 36 heavy (non-hydrogen) atoms. The largest absolute Gasteiger partial charge is 0.492 e. The summed E-state index contributed by atoms with van der Waals surface area (Å²) in [5, 5.41) is 11.5. The molecule has 0 aliphatic carbocycles. The number of hydrogen-bond donors (Lipinski definition) is 0. The van der Waals surface area contributed by atoms with Crippen molar-refractivity contribution < 1.29 is 24.0 Å². The molecule has 3 aromatic rings. The number of carbonyl (C=O) groups excluding carboxylic acids is 2. The molecule has 0 aromatic heterocycles. The van der Waals surface area contributed by atoms with Crippen LogP contribution in [0.4, 0.5) is 10.5 Å². The van der Waals surface area contributed by atoms with E-state index < -0.39 is 16.1 Å². The summed E-state index contributed by atoms with van der Waals surface area (Å²) < 4.78 is 12.2. The van der Waals surface area contributed by atoms with E-state index in [1.807, 2.05) is 0 Å². The third-order valence-corrected chi connectivity index (χ3v) is 6.75. The third-order valence-electron chi connectivity index (χ3n) is 5.10. The van der Waals surface area contributed by atoms with Gasteiger partial charge in [0, 0.05) is 21.1 Å². The van der Waals surface area contributed by atoms with Crippen molar-refractivity contribution in [3.05, 3.63) is 102 Å². The first-order valence-corrected chi connectivity index (χ1v) is 12.6. The Labute approximate surface area is 224 Å². The van der Waals surface area contributed by atoms with E-state index in [0.717, 1.165) is 21.1 Å². The van der Waals surface area contributed by atoms with Crippen LogP contribution in [-0.2, 0) is 11.4 Å². The van der Waals surface area contributed by atoms with E-state index in [0.29, 0.717) is 27.6 Å². The van der Waals surface area contributed by atoms with Crippen LogP contribution >= 0.6 is 39.3 Å². The molecule has 0 unspecified atom stereocenters. The van der Waals surface area contributed by atoms with E-state index >= 15 is 0 Å². The standard InChI is InChI=1S/C25H18BrClN2O6S/c26-18-5-10-22(35-15-16-3-1-2-4-21(16)29(32)33)17(13-18)14-23-24(30)28(25(31)36-23)11-12-34-20-8-6-19(27)7-9-20/h1-10,13-14H,11-12,15H2/b23-14-. The third kappa shape index (κ3) is 6.26. The predicted molar refractivity (Wildman–Crippen MR) is 141 cm³/mol. The highest BCUT2D eigenvalue weighted by Crippen LogP contribution is 2.35. The van der Waals surface area contributed by atoms with Crippen LogP contribution in [0, 0.1) is 10.1 Å². The van der Waals surface area contributed by atoms with Crippen LogP contribution in [0.1, 0.15) is 11.1 Å². The number of nitro benzene ring substituents is 1. The molecular weight excluding hydrogens is 572 g/mol. The summed E-state index contributed by atoms with van der Waals surface area (Å²) in [4.78, 5) is 37.6. The summed E-state index contributed by atoms with van der Waals surface area (Å²) in [6.45, 7) is 0.182. The van der Waals surface area contributed by atoms with E-state index in [1.165, 1.54) is 6.07 Å². The van der Waals surface area contributed by atoms with Gasteiger partial charge in [-0.15, -0.1) is 0 Å². The van der Waals surface area contributed by atoms with Crippen LogP contribution in [0.25, 0.3) is 6.08 Å². The van der Waals surface area contributed by atoms with Crippen molar-refractivity contribution in [3.8, 4) is 11.5 Å². The lowest BCUT2D eigenvalue weighted by molar-refractivity contribution is -0.385. The van der Waals surface area contributed by atoms with Gasteiger partial charge in [0.25, 0.3) is 16.8 Å². The highest BCUT2D eigenvalue weighted by molar-refractivity contribution is 9.10. The van der Waals surface area contributed by atoms with Gasteiger partial charge in [0.15, 0.2) is 0 Å². The van der Waals surface area contributed by atoms with E-state index in [9.17, 15) is 19.7 Å². The molecule has 1 fully saturated rings. The SMILES string of the molecule is O=C1S/C(=C\c2cc(Br)ccc2OCc2ccccc2[N+](=O)[O-])C(=O)N1CCOc1ccc(Cl)cc1. The number of nitro groups is 1. The maximum absolute atomic E-state index is 12.9. The second-order valence-electron chi connectivity index (χ2n) is 7.49. The monoisotopic (exact) mass is 588 g/mol. The molecule has 0 radical (unpaired) electrons. The lowest BCUT2D eigenvalue weighted by atomic mass is 10.1. The number of benzene rings is 3. The molecule has 0 saturated carbocycles. The molecular formula is C25H18BrClN2O6S. The Bertz CT molecular complexity index is 1350. The number of carbonyl (C=O) groups is 2. The Morgan fingerprint density at radius 2 is 1.81 bits per heavy atom. The molecule has 1 heterocycles. The van der Waals surface area contributed by atoms with Gasteiger partial charge in [-0.05, 0) is 66.4 Å². The number of imide groups is 1. The van der Waals surface area contributed by atoms with Gasteiger partial charge in [-0.25, -0.2) is 0 Å². The van der Waals surface area contributed by atoms with Gasteiger partial charge in [-0.3, -0.25) is 24.6 Å². The number of nitrogens with zero attached hydrogens (tertiary/aromatic N) is 2. The zero-order valence-corrected chi connectivity index (χ0v) is 21.7. The van der Waals surface area contributed by atoms with Crippen LogP contribution in [0.2, 0.25) is 5.02 Å². The molecule has 0 bridgehead atoms. The molecule has 1 aliphatic rings. The van der Waals surface area contributed by atoms with Gasteiger partial charge >= 0.3 is 0 Å². The Balaban J connectivity index is 1.47. The first-order valence-electron chi connectivity index (χ1n) is 10.6. The zero-order chi connectivity index (χ0) is 25.7. The number of ether oxygens (including phenoxy) is 2. The van der Waals surface area contributed by atoms with E-state index in [1.54, 1.807) is 66.7 Å². The maximum atomic E-state index is 12.9. The molecule has 4 rings (SSSR count). The minimum atomic E-state index is -0.464. The van der Waals surface area contributed by atoms with Crippen molar-refractivity contribution in [2.75, 3.05) is 13.2 Å².